The second-order valence-corrected chi connectivity index (χ2v) is 8.48. The standard InChI is InChI=1S/C28H18BrN/c29-25-15-12-19-11-13-22-26(30-20-9-5-2-6-10-20)16-14-21-23(18-7-3-1-4-8-18)17-24(25)27(19)28(21)22/h1-17,30H. The maximum absolute atomic E-state index is 3.80. The molecule has 1 nitrogen and oxygen atoms in total. The summed E-state index contributed by atoms with van der Waals surface area (Å²) in [5, 5.41) is 11.3. The average molecular weight is 448 g/mol. The lowest BCUT2D eigenvalue weighted by molar-refractivity contribution is 1.58. The summed E-state index contributed by atoms with van der Waals surface area (Å²) >= 11 is 3.80. The number of hydrogen-bond acceptors (Lipinski definition) is 1. The van der Waals surface area contributed by atoms with Crippen molar-refractivity contribution in [1.29, 1.82) is 0 Å². The van der Waals surface area contributed by atoms with Crippen molar-refractivity contribution >= 4 is 59.6 Å². The molecule has 0 radical (unpaired) electrons. The van der Waals surface area contributed by atoms with Gasteiger partial charge < -0.3 is 5.32 Å². The molecule has 0 aromatic heterocycles. The number of anilines is 2. The van der Waals surface area contributed by atoms with Crippen LogP contribution in [0.5, 0.6) is 0 Å². The minimum atomic E-state index is 1.09. The van der Waals surface area contributed by atoms with Gasteiger partial charge in [0, 0.05) is 26.6 Å². The number of benzene rings is 6. The molecule has 0 aliphatic carbocycles. The van der Waals surface area contributed by atoms with Crippen LogP contribution in [0.1, 0.15) is 0 Å². The molecule has 0 atom stereocenters. The SMILES string of the molecule is Brc1ccc2ccc3c(Nc4ccccc4)ccc4c(-c5ccccc5)cc1c2c34. The van der Waals surface area contributed by atoms with Gasteiger partial charge in [0.15, 0.2) is 0 Å². The molecule has 0 heterocycles. The van der Waals surface area contributed by atoms with Gasteiger partial charge in [0.2, 0.25) is 0 Å². The minimum absolute atomic E-state index is 1.09. The van der Waals surface area contributed by atoms with Crippen LogP contribution in [-0.4, -0.2) is 0 Å². The molecule has 0 fully saturated rings. The molecule has 0 unspecified atom stereocenters. The molecule has 0 aliphatic heterocycles. The summed E-state index contributed by atoms with van der Waals surface area (Å²) < 4.78 is 1.13. The molecule has 0 saturated heterocycles. The van der Waals surface area contributed by atoms with Crippen LogP contribution in [0.25, 0.3) is 43.4 Å². The fraction of sp³-hybridized carbons (Fsp3) is 0. The molecule has 0 bridgehead atoms. The van der Waals surface area contributed by atoms with Gasteiger partial charge in [-0.05, 0) is 63.0 Å². The first-order chi connectivity index (χ1) is 14.8. The molecule has 142 valence electrons. The van der Waals surface area contributed by atoms with Gasteiger partial charge in [-0.1, -0.05) is 88.7 Å². The zero-order valence-electron chi connectivity index (χ0n) is 16.2. The summed E-state index contributed by atoms with van der Waals surface area (Å²) in [5.74, 6) is 0. The largest absolute Gasteiger partial charge is 0.355 e. The maximum Gasteiger partial charge on any atom is 0.0464 e. The minimum Gasteiger partial charge on any atom is -0.355 e. The van der Waals surface area contributed by atoms with E-state index in [1.807, 2.05) is 6.07 Å². The third-order valence-corrected chi connectivity index (χ3v) is 6.56. The Bertz CT molecular complexity index is 1500. The van der Waals surface area contributed by atoms with E-state index in [-0.39, 0.29) is 0 Å². The van der Waals surface area contributed by atoms with Gasteiger partial charge in [0.25, 0.3) is 0 Å². The molecule has 0 saturated carbocycles. The normalized spacial score (nSPS) is 11.5. The van der Waals surface area contributed by atoms with Crippen molar-refractivity contribution in [3.05, 3.63) is 108 Å². The zero-order valence-corrected chi connectivity index (χ0v) is 17.8. The molecule has 2 heteroatoms. The van der Waals surface area contributed by atoms with Gasteiger partial charge in [-0.2, -0.15) is 0 Å². The van der Waals surface area contributed by atoms with E-state index >= 15 is 0 Å². The number of para-hydroxylation sites is 1. The van der Waals surface area contributed by atoms with Gasteiger partial charge in [-0.3, -0.25) is 0 Å². The Kier molecular flexibility index (Phi) is 4.00. The Labute approximate surface area is 183 Å². The number of hydrogen-bond donors (Lipinski definition) is 1. The lowest BCUT2D eigenvalue weighted by Gasteiger charge is -2.18. The van der Waals surface area contributed by atoms with Crippen molar-refractivity contribution in [3.63, 3.8) is 0 Å². The van der Waals surface area contributed by atoms with E-state index in [4.69, 9.17) is 0 Å². The Balaban J connectivity index is 1.73. The van der Waals surface area contributed by atoms with E-state index < -0.39 is 0 Å². The first kappa shape index (κ1) is 17.5. The summed E-state index contributed by atoms with van der Waals surface area (Å²) in [7, 11) is 0. The van der Waals surface area contributed by atoms with Crippen LogP contribution < -0.4 is 5.32 Å². The van der Waals surface area contributed by atoms with Crippen LogP contribution in [0, 0.1) is 0 Å². The molecular weight excluding hydrogens is 430 g/mol. The van der Waals surface area contributed by atoms with Crippen molar-refractivity contribution in [3.8, 4) is 11.1 Å². The van der Waals surface area contributed by atoms with Crippen LogP contribution in [0.2, 0.25) is 0 Å². The Morgan fingerprint density at radius 3 is 2.07 bits per heavy atom. The Hall–Kier alpha value is -3.36. The van der Waals surface area contributed by atoms with Gasteiger partial charge in [-0.25, -0.2) is 0 Å². The van der Waals surface area contributed by atoms with E-state index in [1.54, 1.807) is 0 Å². The van der Waals surface area contributed by atoms with Gasteiger partial charge in [0.05, 0.1) is 0 Å². The highest BCUT2D eigenvalue weighted by atomic mass is 79.9. The van der Waals surface area contributed by atoms with Crippen molar-refractivity contribution in [2.75, 3.05) is 5.32 Å². The average Bonchev–Trinajstić information content (AvgIpc) is 2.80. The van der Waals surface area contributed by atoms with Crippen LogP contribution >= 0.6 is 15.9 Å². The maximum atomic E-state index is 3.80. The summed E-state index contributed by atoms with van der Waals surface area (Å²) in [5.41, 5.74) is 4.72. The second-order valence-electron chi connectivity index (χ2n) is 7.62. The Morgan fingerprint density at radius 2 is 1.27 bits per heavy atom. The highest BCUT2D eigenvalue weighted by Crippen LogP contribution is 2.44. The fourth-order valence-electron chi connectivity index (χ4n) is 4.49. The molecule has 6 aromatic rings. The zero-order chi connectivity index (χ0) is 20.1. The number of rotatable bonds is 3. The number of nitrogens with one attached hydrogen (secondary N) is 1. The lowest BCUT2D eigenvalue weighted by atomic mass is 9.88. The Morgan fingerprint density at radius 1 is 0.567 bits per heavy atom. The van der Waals surface area contributed by atoms with Crippen molar-refractivity contribution in [1.82, 2.24) is 0 Å². The predicted octanol–water partition coefficient (Wildman–Crippen LogP) is 8.76. The smallest absolute Gasteiger partial charge is 0.0464 e. The second kappa shape index (κ2) is 6.86. The van der Waals surface area contributed by atoms with Crippen LogP contribution in [0.4, 0.5) is 11.4 Å². The van der Waals surface area contributed by atoms with Gasteiger partial charge >= 0.3 is 0 Å². The summed E-state index contributed by atoms with van der Waals surface area (Å²) in [6.45, 7) is 0. The molecule has 30 heavy (non-hydrogen) atoms. The molecule has 6 rings (SSSR count). The summed E-state index contributed by atoms with van der Waals surface area (Å²) in [6, 6.07) is 36.6. The van der Waals surface area contributed by atoms with E-state index in [0.29, 0.717) is 0 Å². The quantitative estimate of drug-likeness (QED) is 0.267. The molecular formula is C28H18BrN. The topological polar surface area (TPSA) is 12.0 Å². The van der Waals surface area contributed by atoms with E-state index in [9.17, 15) is 0 Å². The molecule has 6 aromatic carbocycles. The van der Waals surface area contributed by atoms with Crippen LogP contribution in [0.15, 0.2) is 108 Å². The summed E-state index contributed by atoms with van der Waals surface area (Å²) in [6.07, 6.45) is 0. The van der Waals surface area contributed by atoms with Crippen molar-refractivity contribution in [2.24, 2.45) is 0 Å². The van der Waals surface area contributed by atoms with E-state index in [2.05, 4.69) is 118 Å². The molecule has 0 spiro atoms. The first-order valence-corrected chi connectivity index (χ1v) is 10.9. The molecule has 0 aliphatic rings. The summed E-state index contributed by atoms with van der Waals surface area (Å²) in [4.78, 5) is 0. The first-order valence-electron chi connectivity index (χ1n) is 10.1. The van der Waals surface area contributed by atoms with Gasteiger partial charge in [0.1, 0.15) is 0 Å². The highest BCUT2D eigenvalue weighted by Gasteiger charge is 2.16. The van der Waals surface area contributed by atoms with Crippen molar-refractivity contribution in [2.45, 2.75) is 0 Å². The third kappa shape index (κ3) is 2.68. The van der Waals surface area contributed by atoms with Crippen LogP contribution in [0.3, 0.4) is 0 Å². The third-order valence-electron chi connectivity index (χ3n) is 5.87. The van der Waals surface area contributed by atoms with E-state index in [1.165, 1.54) is 43.4 Å². The monoisotopic (exact) mass is 447 g/mol. The highest BCUT2D eigenvalue weighted by molar-refractivity contribution is 9.10. The van der Waals surface area contributed by atoms with Gasteiger partial charge in [-0.15, -0.1) is 0 Å². The van der Waals surface area contributed by atoms with E-state index in [0.717, 1.165) is 15.8 Å². The van der Waals surface area contributed by atoms with Crippen molar-refractivity contribution < 1.29 is 0 Å². The predicted molar refractivity (Wildman–Crippen MR) is 133 cm³/mol. The molecule has 1 N–H and O–H groups in total. The molecule has 0 amide bonds. The fourth-order valence-corrected chi connectivity index (χ4v) is 4.94. The lowest BCUT2D eigenvalue weighted by Crippen LogP contribution is -1.94. The van der Waals surface area contributed by atoms with Crippen LogP contribution in [-0.2, 0) is 0 Å². The number of halogens is 1.